The van der Waals surface area contributed by atoms with Crippen LogP contribution in [0.4, 0.5) is 0 Å². The number of Topliss-reactive ketones (excluding diaryl/α,β-unsaturated/α-hetero) is 2. The van der Waals surface area contributed by atoms with Crippen LogP contribution in [-0.2, 0) is 50.0 Å². The summed E-state index contributed by atoms with van der Waals surface area (Å²) in [6.45, 7) is 12.4. The number of nitrogens with zero attached hydrogens (tertiary/aromatic N) is 2. The third-order valence-corrected chi connectivity index (χ3v) is 13.4. The summed E-state index contributed by atoms with van der Waals surface area (Å²) >= 11 is 3.07. The second kappa shape index (κ2) is 25.8. The van der Waals surface area contributed by atoms with Crippen LogP contribution >= 0.6 is 22.7 Å². The number of aromatic nitrogens is 2. The van der Waals surface area contributed by atoms with Crippen LogP contribution in [0.3, 0.4) is 0 Å². The fourth-order valence-corrected chi connectivity index (χ4v) is 9.91. The van der Waals surface area contributed by atoms with Crippen LogP contribution in [0.1, 0.15) is 102 Å². The van der Waals surface area contributed by atoms with Crippen LogP contribution in [0.2, 0.25) is 0 Å². The van der Waals surface area contributed by atoms with Gasteiger partial charge in [0.15, 0.2) is 0 Å². The standard InChI is InChI=1S/C28H27NO3S.C19H19NO2S.C8H10.CO2/c1-4-24(26(30)15-20-6-7-22-16-29-12-11-21(22)14-20)27-10-8-23(33-27)17-32-28(31)25-9-5-18(2)13-19(25)3;1-2-17(19-6-5-16(12-21)23-19)18(22)10-13-3-4-15-11-20-8-7-14(15)9-13;1-7-4-3-5-8(2)6-7;2-1-3/h5-14,16,24H,4,15,17H2,1-3H3;3-9,11,17,21H,2,10,12H2,1H3;3-6H,1-2H3;. The molecule has 0 aliphatic heterocycles. The lowest BCUT2D eigenvalue weighted by atomic mass is 9.93. The molecule has 2 atom stereocenters. The Hall–Kier alpha value is -6.75. The van der Waals surface area contributed by atoms with Gasteiger partial charge >= 0.3 is 12.1 Å². The molecule has 4 heterocycles. The van der Waals surface area contributed by atoms with E-state index in [0.717, 1.165) is 76.1 Å². The van der Waals surface area contributed by atoms with E-state index in [2.05, 4.69) is 60.2 Å². The van der Waals surface area contributed by atoms with Crippen LogP contribution < -0.4 is 0 Å². The average molecular weight is 933 g/mol. The van der Waals surface area contributed by atoms with Gasteiger partial charge in [0.25, 0.3) is 0 Å². The summed E-state index contributed by atoms with van der Waals surface area (Å²) in [5.41, 5.74) is 7.33. The van der Waals surface area contributed by atoms with Crippen LogP contribution in [0.25, 0.3) is 21.5 Å². The van der Waals surface area contributed by atoms with Crippen molar-refractivity contribution in [1.82, 2.24) is 9.97 Å². The topological polar surface area (TPSA) is 141 Å². The molecule has 0 spiro atoms. The number of hydrogen-bond donors (Lipinski definition) is 1. The Morgan fingerprint density at radius 3 is 1.54 bits per heavy atom. The molecule has 4 aromatic heterocycles. The first-order chi connectivity index (χ1) is 32.3. The predicted molar refractivity (Wildman–Crippen MR) is 267 cm³/mol. The summed E-state index contributed by atoms with van der Waals surface area (Å²) in [7, 11) is 0. The minimum Gasteiger partial charge on any atom is -0.456 e. The maximum atomic E-state index is 13.1. The lowest BCUT2D eigenvalue weighted by Crippen LogP contribution is -2.13. The minimum absolute atomic E-state index is 0.0357. The zero-order chi connectivity index (χ0) is 48.3. The molecule has 0 aliphatic rings. The molecule has 0 saturated heterocycles. The quantitative estimate of drug-likeness (QED) is 0.106. The highest BCUT2D eigenvalue weighted by molar-refractivity contribution is 7.12. The first-order valence-corrected chi connectivity index (χ1v) is 23.7. The smallest absolute Gasteiger partial charge is 0.373 e. The molecule has 1 N–H and O–H groups in total. The van der Waals surface area contributed by atoms with Crippen LogP contribution in [0.15, 0.2) is 140 Å². The van der Waals surface area contributed by atoms with Gasteiger partial charge in [-0.15, -0.1) is 22.7 Å². The van der Waals surface area contributed by atoms with Crippen molar-refractivity contribution in [1.29, 1.82) is 0 Å². The van der Waals surface area contributed by atoms with E-state index < -0.39 is 0 Å². The third-order valence-electron chi connectivity index (χ3n) is 11.1. The number of aliphatic hydroxyl groups excluding tert-OH is 1. The minimum atomic E-state index is -0.322. The monoisotopic (exact) mass is 932 g/mol. The number of aliphatic hydroxyl groups is 1. The first kappa shape index (κ1) is 51.2. The molecule has 0 bridgehead atoms. The molecule has 8 rings (SSSR count). The van der Waals surface area contributed by atoms with Crippen LogP contribution in [-0.4, -0.2) is 38.8 Å². The van der Waals surface area contributed by atoms with Gasteiger partial charge < -0.3 is 9.84 Å². The number of carbonyl (C=O) groups is 3. The number of ketones is 2. The van der Waals surface area contributed by atoms with Gasteiger partial charge in [-0.1, -0.05) is 103 Å². The number of hydrogen-bond acceptors (Lipinski definition) is 11. The Kier molecular flexibility index (Phi) is 19.7. The molecular weight excluding hydrogens is 877 g/mol. The number of fused-ring (bicyclic) bond motifs is 2. The Bertz CT molecular complexity index is 2930. The largest absolute Gasteiger partial charge is 0.456 e. The van der Waals surface area contributed by atoms with E-state index >= 15 is 0 Å². The van der Waals surface area contributed by atoms with Gasteiger partial charge in [-0.2, -0.15) is 9.59 Å². The fourth-order valence-electron chi connectivity index (χ4n) is 7.70. The molecular formula is C56H56N2O7S2. The van der Waals surface area contributed by atoms with Crippen molar-refractivity contribution in [2.24, 2.45) is 0 Å². The molecule has 0 aliphatic carbocycles. The lowest BCUT2D eigenvalue weighted by molar-refractivity contribution is -0.191. The van der Waals surface area contributed by atoms with Crippen molar-refractivity contribution in [3.63, 3.8) is 0 Å². The molecule has 0 saturated carbocycles. The van der Waals surface area contributed by atoms with Crippen molar-refractivity contribution in [3.8, 4) is 0 Å². The number of esters is 1. The van der Waals surface area contributed by atoms with Gasteiger partial charge in [-0.05, 0) is 110 Å². The molecule has 11 heteroatoms. The summed E-state index contributed by atoms with van der Waals surface area (Å²) in [5, 5.41) is 13.6. The van der Waals surface area contributed by atoms with E-state index in [-0.39, 0.29) is 48.7 Å². The predicted octanol–water partition coefficient (Wildman–Crippen LogP) is 12.4. The van der Waals surface area contributed by atoms with E-state index in [9.17, 15) is 19.5 Å². The van der Waals surface area contributed by atoms with Crippen molar-refractivity contribution in [2.45, 2.75) is 92.3 Å². The Labute approximate surface area is 400 Å². The lowest BCUT2D eigenvalue weighted by Gasteiger charge is -2.12. The van der Waals surface area contributed by atoms with Gasteiger partial charge in [0.05, 0.1) is 24.0 Å². The number of aryl methyl sites for hydroxylation is 4. The van der Waals surface area contributed by atoms with Gasteiger partial charge in [-0.25, -0.2) is 4.79 Å². The molecule has 0 amide bonds. The normalized spacial score (nSPS) is 11.4. The van der Waals surface area contributed by atoms with E-state index in [1.165, 1.54) is 22.5 Å². The number of ether oxygens (including phenoxy) is 1. The maximum Gasteiger partial charge on any atom is 0.373 e. The van der Waals surface area contributed by atoms with Crippen LogP contribution in [0, 0.1) is 27.7 Å². The van der Waals surface area contributed by atoms with Crippen molar-refractivity contribution in [2.75, 3.05) is 0 Å². The zero-order valence-corrected chi connectivity index (χ0v) is 40.4. The number of rotatable bonds is 14. The van der Waals surface area contributed by atoms with Crippen molar-refractivity contribution >= 4 is 67.9 Å². The average Bonchev–Trinajstić information content (AvgIpc) is 4.00. The molecule has 4 aromatic carbocycles. The summed E-state index contributed by atoms with van der Waals surface area (Å²) in [6.07, 6.45) is 9.79. The molecule has 8 aromatic rings. The second-order valence-corrected chi connectivity index (χ2v) is 18.6. The Morgan fingerprint density at radius 1 is 0.597 bits per heavy atom. The van der Waals surface area contributed by atoms with Crippen molar-refractivity contribution < 1.29 is 33.8 Å². The molecule has 0 fully saturated rings. The summed E-state index contributed by atoms with van der Waals surface area (Å²) < 4.78 is 5.54. The Balaban J connectivity index is 0.000000212. The zero-order valence-electron chi connectivity index (χ0n) is 38.8. The number of benzene rings is 4. The molecule has 344 valence electrons. The van der Waals surface area contributed by atoms with Gasteiger partial charge in [0.2, 0.25) is 0 Å². The number of carbonyl (C=O) groups excluding carboxylic acids is 5. The summed E-state index contributed by atoms with van der Waals surface area (Å²) in [5.74, 6) is -0.142. The summed E-state index contributed by atoms with van der Waals surface area (Å²) in [6, 6.07) is 38.0. The van der Waals surface area contributed by atoms with Gasteiger partial charge in [0.1, 0.15) is 18.2 Å². The van der Waals surface area contributed by atoms with Crippen LogP contribution in [0.5, 0.6) is 0 Å². The van der Waals surface area contributed by atoms with E-state index in [0.29, 0.717) is 18.4 Å². The Morgan fingerprint density at radius 2 is 1.09 bits per heavy atom. The first-order valence-electron chi connectivity index (χ1n) is 22.1. The maximum absolute atomic E-state index is 13.1. The number of pyridine rings is 2. The fraction of sp³-hybridized carbons (Fsp3) is 0.250. The molecule has 9 nitrogen and oxygen atoms in total. The van der Waals surface area contributed by atoms with E-state index in [1.807, 2.05) is 119 Å². The molecule has 2 unspecified atom stereocenters. The molecule has 0 radical (unpaired) electrons. The summed E-state index contributed by atoms with van der Waals surface area (Å²) in [4.78, 5) is 66.7. The van der Waals surface area contributed by atoms with Gasteiger partial charge in [0, 0.05) is 67.9 Å². The third kappa shape index (κ3) is 15.1. The number of thiophene rings is 2. The van der Waals surface area contributed by atoms with E-state index in [4.69, 9.17) is 14.3 Å². The van der Waals surface area contributed by atoms with Crippen molar-refractivity contribution in [3.05, 3.63) is 199 Å². The van der Waals surface area contributed by atoms with Gasteiger partial charge in [-0.3, -0.25) is 19.6 Å². The molecule has 67 heavy (non-hydrogen) atoms. The highest BCUT2D eigenvalue weighted by atomic mass is 32.1. The highest BCUT2D eigenvalue weighted by Crippen LogP contribution is 2.32. The highest BCUT2D eigenvalue weighted by Gasteiger charge is 2.23. The van der Waals surface area contributed by atoms with E-state index in [1.54, 1.807) is 23.7 Å². The second-order valence-electron chi connectivity index (χ2n) is 16.2. The SMILES string of the molecule is CCC(C(=O)Cc1ccc2cnccc2c1)c1ccc(CO)s1.CCC(C(=O)Cc1ccc2cnccc2c1)c1ccc(COC(=O)c2ccc(C)cc2C)s1.Cc1cccc(C)c1.O=C=O.